The van der Waals surface area contributed by atoms with Gasteiger partial charge < -0.3 is 10.1 Å². The van der Waals surface area contributed by atoms with E-state index in [-0.39, 0.29) is 12.0 Å². The molecule has 0 aromatic heterocycles. The fourth-order valence-electron chi connectivity index (χ4n) is 2.27. The van der Waals surface area contributed by atoms with Crippen molar-refractivity contribution in [3.63, 3.8) is 0 Å². The number of morpholine rings is 1. The van der Waals surface area contributed by atoms with Crippen LogP contribution in [0.2, 0.25) is 0 Å². The summed E-state index contributed by atoms with van der Waals surface area (Å²) in [6.07, 6.45) is 0.0484. The Bertz CT molecular complexity index is 427. The van der Waals surface area contributed by atoms with Gasteiger partial charge in [-0.15, -0.1) is 11.6 Å². The second-order valence-corrected chi connectivity index (χ2v) is 5.34. The van der Waals surface area contributed by atoms with E-state index in [9.17, 15) is 4.79 Å². The average molecular weight is 297 g/mol. The maximum Gasteiger partial charge on any atom is 0.242 e. The highest BCUT2D eigenvalue weighted by molar-refractivity contribution is 6.30. The first-order chi connectivity index (χ1) is 9.70. The summed E-state index contributed by atoms with van der Waals surface area (Å²) < 4.78 is 5.65. The van der Waals surface area contributed by atoms with Gasteiger partial charge in [-0.2, -0.15) is 0 Å². The lowest BCUT2D eigenvalue weighted by Crippen LogP contribution is -2.47. The summed E-state index contributed by atoms with van der Waals surface area (Å²) >= 11 is 6.17. The molecule has 1 aliphatic rings. The van der Waals surface area contributed by atoms with Crippen molar-refractivity contribution in [3.8, 4) is 0 Å². The van der Waals surface area contributed by atoms with Crippen LogP contribution in [0, 0.1) is 0 Å². The third kappa shape index (κ3) is 4.20. The first-order valence-corrected chi connectivity index (χ1v) is 7.45. The molecular formula is C15H21ClN2O2. The van der Waals surface area contributed by atoms with E-state index >= 15 is 0 Å². The number of carbonyl (C=O) groups excluding carboxylic acids is 1. The van der Waals surface area contributed by atoms with Gasteiger partial charge in [-0.1, -0.05) is 37.3 Å². The van der Waals surface area contributed by atoms with Gasteiger partial charge in [-0.3, -0.25) is 9.69 Å². The van der Waals surface area contributed by atoms with E-state index < -0.39 is 5.38 Å². The minimum atomic E-state index is -0.651. The molecule has 0 radical (unpaired) electrons. The number of ether oxygens (including phenoxy) is 1. The molecule has 1 aromatic carbocycles. The standard InChI is InChI=1S/C15H21ClN2O2/c1-2-18-8-9-20-13(11-18)10-17-15(19)14(16)12-6-4-3-5-7-12/h3-7,13-14H,2,8-11H2,1H3,(H,17,19). The van der Waals surface area contributed by atoms with Crippen LogP contribution in [-0.4, -0.2) is 49.7 Å². The maximum absolute atomic E-state index is 12.0. The maximum atomic E-state index is 12.0. The van der Waals surface area contributed by atoms with E-state index in [1.54, 1.807) is 0 Å². The number of hydrogen-bond donors (Lipinski definition) is 1. The Morgan fingerprint density at radius 3 is 2.95 bits per heavy atom. The molecule has 0 bridgehead atoms. The van der Waals surface area contributed by atoms with Crippen LogP contribution < -0.4 is 5.32 Å². The van der Waals surface area contributed by atoms with Gasteiger partial charge in [0.15, 0.2) is 0 Å². The highest BCUT2D eigenvalue weighted by atomic mass is 35.5. The fraction of sp³-hybridized carbons (Fsp3) is 0.533. The number of nitrogens with one attached hydrogen (secondary N) is 1. The molecular weight excluding hydrogens is 276 g/mol. The lowest BCUT2D eigenvalue weighted by molar-refractivity contribution is -0.122. The minimum absolute atomic E-state index is 0.0484. The van der Waals surface area contributed by atoms with Crippen molar-refractivity contribution in [2.24, 2.45) is 0 Å². The van der Waals surface area contributed by atoms with Crippen molar-refractivity contribution in [1.29, 1.82) is 0 Å². The van der Waals surface area contributed by atoms with E-state index in [1.165, 1.54) is 0 Å². The number of amides is 1. The zero-order valence-corrected chi connectivity index (χ0v) is 12.5. The Hall–Kier alpha value is -1.10. The summed E-state index contributed by atoms with van der Waals surface area (Å²) in [6.45, 7) is 6.18. The van der Waals surface area contributed by atoms with Gasteiger partial charge in [0.2, 0.25) is 5.91 Å². The van der Waals surface area contributed by atoms with Crippen molar-refractivity contribution in [1.82, 2.24) is 10.2 Å². The molecule has 1 aliphatic heterocycles. The molecule has 1 amide bonds. The van der Waals surface area contributed by atoms with Crippen LogP contribution in [0.5, 0.6) is 0 Å². The third-order valence-corrected chi connectivity index (χ3v) is 3.95. The molecule has 2 rings (SSSR count). The molecule has 2 atom stereocenters. The van der Waals surface area contributed by atoms with Crippen LogP contribution in [0.25, 0.3) is 0 Å². The molecule has 20 heavy (non-hydrogen) atoms. The predicted octanol–water partition coefficient (Wildman–Crippen LogP) is 1.80. The van der Waals surface area contributed by atoms with Crippen molar-refractivity contribution >= 4 is 17.5 Å². The molecule has 0 saturated carbocycles. The molecule has 1 N–H and O–H groups in total. The topological polar surface area (TPSA) is 41.6 Å². The summed E-state index contributed by atoms with van der Waals surface area (Å²) in [5.41, 5.74) is 0.811. The van der Waals surface area contributed by atoms with Gasteiger partial charge in [-0.25, -0.2) is 0 Å². The molecule has 1 heterocycles. The summed E-state index contributed by atoms with van der Waals surface area (Å²) in [4.78, 5) is 14.3. The van der Waals surface area contributed by atoms with Crippen molar-refractivity contribution in [3.05, 3.63) is 35.9 Å². The number of benzene rings is 1. The number of carbonyl (C=O) groups is 1. The molecule has 0 spiro atoms. The highest BCUT2D eigenvalue weighted by Crippen LogP contribution is 2.19. The van der Waals surface area contributed by atoms with E-state index in [2.05, 4.69) is 17.1 Å². The van der Waals surface area contributed by atoms with Crippen LogP contribution in [-0.2, 0) is 9.53 Å². The first kappa shape index (κ1) is 15.3. The largest absolute Gasteiger partial charge is 0.374 e. The van der Waals surface area contributed by atoms with Crippen molar-refractivity contribution < 1.29 is 9.53 Å². The second kappa shape index (κ2) is 7.62. The molecule has 0 aliphatic carbocycles. The summed E-state index contributed by atoms with van der Waals surface area (Å²) in [5, 5.41) is 2.22. The molecule has 4 nitrogen and oxygen atoms in total. The lowest BCUT2D eigenvalue weighted by atomic mass is 10.1. The predicted molar refractivity (Wildman–Crippen MR) is 79.9 cm³/mol. The molecule has 1 aromatic rings. The smallest absolute Gasteiger partial charge is 0.242 e. The number of halogens is 1. The average Bonchev–Trinajstić information content (AvgIpc) is 2.53. The molecule has 2 unspecified atom stereocenters. The minimum Gasteiger partial charge on any atom is -0.374 e. The summed E-state index contributed by atoms with van der Waals surface area (Å²) in [6, 6.07) is 9.36. The number of rotatable bonds is 5. The monoisotopic (exact) mass is 296 g/mol. The zero-order chi connectivity index (χ0) is 14.4. The van der Waals surface area contributed by atoms with E-state index in [0.717, 1.165) is 31.8 Å². The highest BCUT2D eigenvalue weighted by Gasteiger charge is 2.22. The molecule has 1 fully saturated rings. The van der Waals surface area contributed by atoms with Gasteiger partial charge in [0.1, 0.15) is 5.38 Å². The Balaban J connectivity index is 1.80. The Kier molecular flexibility index (Phi) is 5.83. The Morgan fingerprint density at radius 1 is 1.50 bits per heavy atom. The van der Waals surface area contributed by atoms with Crippen LogP contribution >= 0.6 is 11.6 Å². The second-order valence-electron chi connectivity index (χ2n) is 4.90. The molecule has 1 saturated heterocycles. The van der Waals surface area contributed by atoms with Crippen LogP contribution in [0.1, 0.15) is 17.9 Å². The number of likely N-dealkylation sites (N-methyl/N-ethyl adjacent to an activating group) is 1. The number of alkyl halides is 1. The fourth-order valence-corrected chi connectivity index (χ4v) is 2.49. The van der Waals surface area contributed by atoms with Crippen molar-refractivity contribution in [2.75, 3.05) is 32.8 Å². The summed E-state index contributed by atoms with van der Waals surface area (Å²) in [5.74, 6) is -0.171. The third-order valence-electron chi connectivity index (χ3n) is 3.50. The molecule has 5 heteroatoms. The Morgan fingerprint density at radius 2 is 2.25 bits per heavy atom. The SMILES string of the molecule is CCN1CCOC(CNC(=O)C(Cl)c2ccccc2)C1. The zero-order valence-electron chi connectivity index (χ0n) is 11.7. The number of nitrogens with zero attached hydrogens (tertiary/aromatic N) is 1. The Labute approximate surface area is 125 Å². The van der Waals surface area contributed by atoms with Gasteiger partial charge >= 0.3 is 0 Å². The van der Waals surface area contributed by atoms with E-state index in [1.807, 2.05) is 30.3 Å². The van der Waals surface area contributed by atoms with Gasteiger partial charge in [0.25, 0.3) is 0 Å². The molecule has 110 valence electrons. The van der Waals surface area contributed by atoms with Gasteiger partial charge in [0.05, 0.1) is 12.7 Å². The number of hydrogen-bond acceptors (Lipinski definition) is 3. The first-order valence-electron chi connectivity index (χ1n) is 7.01. The summed E-state index contributed by atoms with van der Waals surface area (Å²) in [7, 11) is 0. The van der Waals surface area contributed by atoms with Gasteiger partial charge in [-0.05, 0) is 12.1 Å². The van der Waals surface area contributed by atoms with Crippen molar-refractivity contribution in [2.45, 2.75) is 18.4 Å². The van der Waals surface area contributed by atoms with Crippen LogP contribution in [0.15, 0.2) is 30.3 Å². The van der Waals surface area contributed by atoms with E-state index in [0.29, 0.717) is 6.54 Å². The van der Waals surface area contributed by atoms with Crippen LogP contribution in [0.4, 0.5) is 0 Å². The van der Waals surface area contributed by atoms with E-state index in [4.69, 9.17) is 16.3 Å². The normalized spacial score (nSPS) is 21.4. The van der Waals surface area contributed by atoms with Crippen LogP contribution in [0.3, 0.4) is 0 Å². The van der Waals surface area contributed by atoms with Gasteiger partial charge in [0, 0.05) is 19.6 Å². The lowest BCUT2D eigenvalue weighted by Gasteiger charge is -2.32. The quantitative estimate of drug-likeness (QED) is 0.843.